The van der Waals surface area contributed by atoms with Crippen LogP contribution in [0.4, 0.5) is 4.79 Å². The van der Waals surface area contributed by atoms with Crippen molar-refractivity contribution in [3.05, 3.63) is 0 Å². The van der Waals surface area contributed by atoms with Gasteiger partial charge in [0, 0.05) is 19.1 Å². The van der Waals surface area contributed by atoms with E-state index in [4.69, 9.17) is 5.11 Å². The molecule has 1 saturated heterocycles. The molecular weight excluding hydrogens is 256 g/mol. The topological polar surface area (TPSA) is 69.6 Å². The number of nitrogens with one attached hydrogen (secondary N) is 1. The highest BCUT2D eigenvalue weighted by molar-refractivity contribution is 5.77. The molecule has 2 N–H and O–H groups in total. The van der Waals surface area contributed by atoms with Gasteiger partial charge in [-0.2, -0.15) is 0 Å². The minimum Gasteiger partial charge on any atom is -0.481 e. The first-order valence-corrected chi connectivity index (χ1v) is 7.93. The summed E-state index contributed by atoms with van der Waals surface area (Å²) in [7, 11) is 0. The minimum atomic E-state index is -0.774. The molecule has 3 saturated carbocycles. The number of urea groups is 1. The molecule has 110 valence electrons. The van der Waals surface area contributed by atoms with E-state index in [2.05, 4.69) is 5.32 Å². The van der Waals surface area contributed by atoms with E-state index < -0.39 is 5.97 Å². The summed E-state index contributed by atoms with van der Waals surface area (Å²) in [5, 5.41) is 12.3. The van der Waals surface area contributed by atoms with Crippen molar-refractivity contribution in [2.75, 3.05) is 13.1 Å². The molecule has 3 aliphatic carbocycles. The molecule has 0 aromatic carbocycles. The lowest BCUT2D eigenvalue weighted by Gasteiger charge is -2.31. The van der Waals surface area contributed by atoms with Crippen LogP contribution in [0.2, 0.25) is 0 Å². The second-order valence-corrected chi connectivity index (χ2v) is 7.09. The zero-order chi connectivity index (χ0) is 13.9. The van der Waals surface area contributed by atoms with Crippen LogP contribution in [-0.2, 0) is 4.79 Å². The molecular formula is C15H22N2O3. The van der Waals surface area contributed by atoms with Crippen LogP contribution in [0.1, 0.15) is 32.1 Å². The van der Waals surface area contributed by atoms with E-state index in [1.807, 2.05) is 0 Å². The van der Waals surface area contributed by atoms with E-state index in [1.54, 1.807) is 4.90 Å². The van der Waals surface area contributed by atoms with Gasteiger partial charge in [0.15, 0.2) is 0 Å². The van der Waals surface area contributed by atoms with Crippen molar-refractivity contribution in [2.45, 2.75) is 38.1 Å². The van der Waals surface area contributed by atoms with Crippen LogP contribution in [0, 0.1) is 29.6 Å². The molecule has 1 heterocycles. The number of piperidine rings is 1. The van der Waals surface area contributed by atoms with E-state index in [9.17, 15) is 9.59 Å². The molecule has 5 atom stereocenters. The smallest absolute Gasteiger partial charge is 0.317 e. The van der Waals surface area contributed by atoms with Crippen molar-refractivity contribution in [1.29, 1.82) is 0 Å². The predicted molar refractivity (Wildman–Crippen MR) is 72.1 cm³/mol. The van der Waals surface area contributed by atoms with Crippen molar-refractivity contribution in [2.24, 2.45) is 29.6 Å². The number of carbonyl (C=O) groups is 2. The average molecular weight is 278 g/mol. The van der Waals surface area contributed by atoms with Crippen molar-refractivity contribution in [3.8, 4) is 0 Å². The fourth-order valence-corrected chi connectivity index (χ4v) is 5.12. The van der Waals surface area contributed by atoms with Gasteiger partial charge < -0.3 is 15.3 Å². The Morgan fingerprint density at radius 1 is 1.10 bits per heavy atom. The zero-order valence-electron chi connectivity index (χ0n) is 11.6. The highest BCUT2D eigenvalue weighted by Crippen LogP contribution is 2.65. The summed E-state index contributed by atoms with van der Waals surface area (Å²) in [5.41, 5.74) is 0. The second kappa shape index (κ2) is 4.37. The molecule has 5 heteroatoms. The number of hydrogen-bond donors (Lipinski definition) is 2. The third-order valence-electron chi connectivity index (χ3n) is 6.08. The Morgan fingerprint density at radius 3 is 2.45 bits per heavy atom. The summed E-state index contributed by atoms with van der Waals surface area (Å²) >= 11 is 0. The lowest BCUT2D eigenvalue weighted by atomic mass is 9.99. The summed E-state index contributed by atoms with van der Waals surface area (Å²) in [6, 6.07) is 0.355. The van der Waals surface area contributed by atoms with Crippen LogP contribution in [0.15, 0.2) is 0 Å². The van der Waals surface area contributed by atoms with Gasteiger partial charge in [0.05, 0.1) is 5.92 Å². The monoisotopic (exact) mass is 278 g/mol. The Morgan fingerprint density at radius 2 is 1.80 bits per heavy atom. The van der Waals surface area contributed by atoms with E-state index in [0.29, 0.717) is 25.6 Å². The average Bonchev–Trinajstić information content (AvgIpc) is 2.84. The number of fused-ring (bicyclic) bond motifs is 5. The van der Waals surface area contributed by atoms with Gasteiger partial charge in [-0.1, -0.05) is 0 Å². The maximum atomic E-state index is 12.3. The molecule has 4 unspecified atom stereocenters. The fraction of sp³-hybridized carbons (Fsp3) is 0.867. The third-order valence-corrected chi connectivity index (χ3v) is 6.08. The molecule has 20 heavy (non-hydrogen) atoms. The largest absolute Gasteiger partial charge is 0.481 e. The van der Waals surface area contributed by atoms with Gasteiger partial charge in [0.1, 0.15) is 0 Å². The van der Waals surface area contributed by atoms with Crippen molar-refractivity contribution >= 4 is 12.0 Å². The first kappa shape index (κ1) is 12.5. The van der Waals surface area contributed by atoms with Gasteiger partial charge in [0.2, 0.25) is 0 Å². The van der Waals surface area contributed by atoms with E-state index in [0.717, 1.165) is 30.1 Å². The normalized spacial score (nSPS) is 45.1. The number of aliphatic carboxylic acids is 1. The number of likely N-dealkylation sites (tertiary alicyclic amines) is 1. The first-order chi connectivity index (χ1) is 9.65. The van der Waals surface area contributed by atoms with Crippen molar-refractivity contribution in [1.82, 2.24) is 10.2 Å². The summed E-state index contributed by atoms with van der Waals surface area (Å²) in [5.74, 6) is 2.01. The Balaban J connectivity index is 1.34. The summed E-state index contributed by atoms with van der Waals surface area (Å²) in [6.45, 7) is 1.07. The number of carbonyl (C=O) groups excluding carboxylic acids is 1. The Hall–Kier alpha value is -1.26. The van der Waals surface area contributed by atoms with Crippen molar-refractivity contribution < 1.29 is 14.7 Å². The standard InChI is InChI=1S/C15H22N2O3/c18-14(19)10-2-1-5-17(7-10)15(20)16-13-11-8-3-4-9(6-8)12(11)13/h8-13H,1-7H2,(H,16,20)(H,18,19)/t8?,9?,10-,11?,12?,13?/m1/s1. The molecule has 5 nitrogen and oxygen atoms in total. The van der Waals surface area contributed by atoms with Crippen LogP contribution in [0.3, 0.4) is 0 Å². The SMILES string of the molecule is O=C(O)[C@@H]1CCCN(C(=O)NC2C3C4CCC(C4)C23)C1. The number of carboxylic acids is 1. The predicted octanol–water partition coefficient (Wildman–Crippen LogP) is 1.54. The first-order valence-electron chi connectivity index (χ1n) is 7.93. The number of hydrogen-bond acceptors (Lipinski definition) is 2. The van der Waals surface area contributed by atoms with E-state index in [-0.39, 0.29) is 11.9 Å². The molecule has 2 bridgehead atoms. The molecule has 4 aliphatic rings. The highest BCUT2D eigenvalue weighted by atomic mass is 16.4. The van der Waals surface area contributed by atoms with Crippen LogP contribution in [-0.4, -0.2) is 41.1 Å². The quantitative estimate of drug-likeness (QED) is 0.805. The number of nitrogens with zero attached hydrogens (tertiary/aromatic N) is 1. The van der Waals surface area contributed by atoms with Gasteiger partial charge in [0.25, 0.3) is 0 Å². The lowest BCUT2D eigenvalue weighted by molar-refractivity contribution is -0.143. The van der Waals surface area contributed by atoms with Gasteiger partial charge >= 0.3 is 12.0 Å². The summed E-state index contributed by atoms with van der Waals surface area (Å²) < 4.78 is 0. The number of carboxylic acid groups (broad SMARTS) is 1. The fourth-order valence-electron chi connectivity index (χ4n) is 5.12. The third kappa shape index (κ3) is 1.82. The molecule has 2 amide bonds. The van der Waals surface area contributed by atoms with Crippen LogP contribution >= 0.6 is 0 Å². The number of amides is 2. The number of rotatable bonds is 2. The maximum Gasteiger partial charge on any atom is 0.317 e. The van der Waals surface area contributed by atoms with Crippen LogP contribution in [0.5, 0.6) is 0 Å². The minimum absolute atomic E-state index is 0.0326. The molecule has 0 spiro atoms. The van der Waals surface area contributed by atoms with Gasteiger partial charge in [-0.25, -0.2) is 4.79 Å². The molecule has 0 aromatic rings. The molecule has 1 aliphatic heterocycles. The molecule has 4 fully saturated rings. The van der Waals surface area contributed by atoms with Crippen LogP contribution in [0.25, 0.3) is 0 Å². The Bertz CT molecular complexity index is 436. The Kier molecular flexibility index (Phi) is 2.72. The molecule has 0 radical (unpaired) electrons. The van der Waals surface area contributed by atoms with E-state index in [1.165, 1.54) is 19.3 Å². The van der Waals surface area contributed by atoms with Crippen molar-refractivity contribution in [3.63, 3.8) is 0 Å². The van der Waals surface area contributed by atoms with Gasteiger partial charge in [-0.15, -0.1) is 0 Å². The van der Waals surface area contributed by atoms with Gasteiger partial charge in [-0.3, -0.25) is 4.79 Å². The molecule has 0 aromatic heterocycles. The second-order valence-electron chi connectivity index (χ2n) is 7.09. The van der Waals surface area contributed by atoms with Crippen LogP contribution < -0.4 is 5.32 Å². The highest BCUT2D eigenvalue weighted by Gasteiger charge is 2.65. The van der Waals surface area contributed by atoms with E-state index >= 15 is 0 Å². The zero-order valence-corrected chi connectivity index (χ0v) is 11.6. The summed E-state index contributed by atoms with van der Waals surface area (Å²) in [6.07, 6.45) is 5.57. The lowest BCUT2D eigenvalue weighted by Crippen LogP contribution is -2.48. The maximum absolute atomic E-state index is 12.3. The molecule has 4 rings (SSSR count). The Labute approximate surface area is 118 Å². The van der Waals surface area contributed by atoms with Gasteiger partial charge in [-0.05, 0) is 55.8 Å². The summed E-state index contributed by atoms with van der Waals surface area (Å²) in [4.78, 5) is 25.1.